The number of carbonyl (C=O) groups is 3. The van der Waals surface area contributed by atoms with E-state index in [0.29, 0.717) is 23.3 Å². The molecule has 27 heavy (non-hydrogen) atoms. The van der Waals surface area contributed by atoms with Gasteiger partial charge in [-0.2, -0.15) is 0 Å². The fourth-order valence-electron chi connectivity index (χ4n) is 6.16. The van der Waals surface area contributed by atoms with Crippen LogP contribution in [0.4, 0.5) is 5.69 Å². The molecule has 5 rings (SSSR count). The van der Waals surface area contributed by atoms with Crippen LogP contribution in [-0.2, 0) is 14.4 Å². The van der Waals surface area contributed by atoms with E-state index < -0.39 is 0 Å². The topological polar surface area (TPSA) is 75.7 Å². The molecule has 1 N–H and O–H groups in total. The van der Waals surface area contributed by atoms with Gasteiger partial charge in [0.15, 0.2) is 0 Å². The lowest BCUT2D eigenvalue weighted by Crippen LogP contribution is -2.41. The van der Waals surface area contributed by atoms with Crippen molar-refractivity contribution in [2.75, 3.05) is 19.0 Å². The van der Waals surface area contributed by atoms with Crippen LogP contribution in [-0.4, -0.2) is 36.3 Å². The minimum Gasteiger partial charge on any atom is -0.497 e. The van der Waals surface area contributed by atoms with E-state index in [1.807, 2.05) is 0 Å². The minimum absolute atomic E-state index is 0.115. The number of imide groups is 1. The van der Waals surface area contributed by atoms with Gasteiger partial charge in [-0.25, -0.2) is 0 Å². The predicted octanol–water partition coefficient (Wildman–Crippen LogP) is 2.45. The molecule has 6 nitrogen and oxygen atoms in total. The fourth-order valence-corrected chi connectivity index (χ4v) is 6.16. The second-order valence-electron chi connectivity index (χ2n) is 8.47. The standard InChI is InChI=1S/C21H24N2O4/c1-27-13-7-5-12(6-8-13)22-16(24)11-23-19(25)17-14-3-2-4-15(18(17)20(23)26)21(14)9-10-21/h5-8,14-15,17-18H,2-4,9-11H2,1H3,(H,22,24). The zero-order valence-electron chi connectivity index (χ0n) is 15.4. The molecule has 1 aliphatic heterocycles. The number of nitrogens with one attached hydrogen (secondary N) is 1. The van der Waals surface area contributed by atoms with Crippen LogP contribution < -0.4 is 10.1 Å². The Balaban J connectivity index is 1.30. The van der Waals surface area contributed by atoms with E-state index in [1.54, 1.807) is 31.4 Å². The summed E-state index contributed by atoms with van der Waals surface area (Å²) in [4.78, 5) is 39.7. The van der Waals surface area contributed by atoms with E-state index in [0.717, 1.165) is 19.3 Å². The zero-order valence-corrected chi connectivity index (χ0v) is 15.4. The highest BCUT2D eigenvalue weighted by Crippen LogP contribution is 2.73. The number of hydrogen-bond acceptors (Lipinski definition) is 4. The Hall–Kier alpha value is -2.37. The second kappa shape index (κ2) is 5.81. The maximum absolute atomic E-state index is 13.0. The van der Waals surface area contributed by atoms with Crippen molar-refractivity contribution in [3.8, 4) is 5.75 Å². The normalized spacial score (nSPS) is 32.6. The van der Waals surface area contributed by atoms with Gasteiger partial charge < -0.3 is 10.1 Å². The van der Waals surface area contributed by atoms with Gasteiger partial charge in [-0.1, -0.05) is 6.42 Å². The van der Waals surface area contributed by atoms with Gasteiger partial charge in [-0.15, -0.1) is 0 Å². The highest BCUT2D eigenvalue weighted by molar-refractivity contribution is 6.09. The summed E-state index contributed by atoms with van der Waals surface area (Å²) in [6.07, 6.45) is 5.59. The molecule has 1 heterocycles. The van der Waals surface area contributed by atoms with E-state index in [4.69, 9.17) is 4.74 Å². The molecule has 1 saturated heterocycles. The minimum atomic E-state index is -0.340. The quantitative estimate of drug-likeness (QED) is 0.829. The molecule has 0 aromatic heterocycles. The average molecular weight is 368 g/mol. The lowest BCUT2D eigenvalue weighted by molar-refractivity contribution is -0.144. The summed E-state index contributed by atoms with van der Waals surface area (Å²) in [5, 5.41) is 2.77. The van der Waals surface area contributed by atoms with Crippen LogP contribution in [0.25, 0.3) is 0 Å². The number of nitrogens with zero attached hydrogens (tertiary/aromatic N) is 1. The number of methoxy groups -OCH3 is 1. The summed E-state index contributed by atoms with van der Waals surface area (Å²) in [5.41, 5.74) is 0.893. The number of benzene rings is 1. The van der Waals surface area contributed by atoms with E-state index in [-0.39, 0.29) is 41.5 Å². The third-order valence-corrected chi connectivity index (χ3v) is 7.37. The third-order valence-electron chi connectivity index (χ3n) is 7.37. The smallest absolute Gasteiger partial charge is 0.244 e. The zero-order chi connectivity index (χ0) is 18.8. The van der Waals surface area contributed by atoms with Gasteiger partial charge in [0, 0.05) is 5.69 Å². The van der Waals surface area contributed by atoms with Crippen molar-refractivity contribution in [3.63, 3.8) is 0 Å². The predicted molar refractivity (Wildman–Crippen MR) is 97.8 cm³/mol. The van der Waals surface area contributed by atoms with E-state index >= 15 is 0 Å². The number of hydrogen-bond donors (Lipinski definition) is 1. The lowest BCUT2D eigenvalue weighted by Gasteiger charge is -2.33. The van der Waals surface area contributed by atoms with Crippen LogP contribution >= 0.6 is 0 Å². The Kier molecular flexibility index (Phi) is 3.61. The van der Waals surface area contributed by atoms with Crippen LogP contribution in [0.2, 0.25) is 0 Å². The molecule has 3 amide bonds. The number of rotatable bonds is 4. The summed E-state index contributed by atoms with van der Waals surface area (Å²) in [6, 6.07) is 6.98. The van der Waals surface area contributed by atoms with E-state index in [1.165, 1.54) is 17.7 Å². The van der Waals surface area contributed by atoms with Gasteiger partial charge in [0.2, 0.25) is 17.7 Å². The molecule has 4 aliphatic rings. The van der Waals surface area contributed by atoms with E-state index in [9.17, 15) is 14.4 Å². The third kappa shape index (κ3) is 2.35. The maximum Gasteiger partial charge on any atom is 0.244 e. The maximum atomic E-state index is 13.0. The number of ether oxygens (including phenoxy) is 1. The van der Waals surface area contributed by atoms with Crippen molar-refractivity contribution in [2.45, 2.75) is 32.1 Å². The average Bonchev–Trinajstić information content (AvgIpc) is 3.38. The number of amides is 3. The molecular formula is C21H24N2O4. The van der Waals surface area contributed by atoms with Gasteiger partial charge in [-0.3, -0.25) is 19.3 Å². The summed E-state index contributed by atoms with van der Waals surface area (Å²) in [5.74, 6) is 0.479. The summed E-state index contributed by atoms with van der Waals surface area (Å²) >= 11 is 0. The molecule has 6 heteroatoms. The highest BCUT2D eigenvalue weighted by atomic mass is 16.5. The molecule has 4 unspecified atom stereocenters. The van der Waals surface area contributed by atoms with Crippen LogP contribution in [0, 0.1) is 29.1 Å². The highest BCUT2D eigenvalue weighted by Gasteiger charge is 2.72. The second-order valence-corrected chi connectivity index (χ2v) is 8.47. The number of likely N-dealkylation sites (tertiary alicyclic amines) is 1. The van der Waals surface area contributed by atoms with Gasteiger partial charge in [-0.05, 0) is 67.2 Å². The van der Waals surface area contributed by atoms with Crippen LogP contribution in [0.3, 0.4) is 0 Å². The molecule has 4 fully saturated rings. The van der Waals surface area contributed by atoms with Crippen molar-refractivity contribution in [3.05, 3.63) is 24.3 Å². The van der Waals surface area contributed by atoms with Crippen molar-refractivity contribution in [1.82, 2.24) is 4.90 Å². The molecule has 2 bridgehead atoms. The number of anilines is 1. The van der Waals surface area contributed by atoms with Crippen LogP contribution in [0.15, 0.2) is 24.3 Å². The summed E-state index contributed by atoms with van der Waals surface area (Å²) in [7, 11) is 1.58. The summed E-state index contributed by atoms with van der Waals surface area (Å²) in [6.45, 7) is -0.191. The first-order valence-electron chi connectivity index (χ1n) is 9.84. The molecule has 4 atom stereocenters. The van der Waals surface area contributed by atoms with Gasteiger partial charge >= 0.3 is 0 Å². The first kappa shape index (κ1) is 16.8. The van der Waals surface area contributed by atoms with Crippen molar-refractivity contribution >= 4 is 23.4 Å². The molecule has 142 valence electrons. The SMILES string of the molecule is COc1ccc(NC(=O)CN2C(=O)C3C(C2=O)C2CCCC3C23CC3)cc1. The molecular weight excluding hydrogens is 344 g/mol. The molecule has 3 aliphatic carbocycles. The Labute approximate surface area is 158 Å². The molecule has 1 spiro atoms. The van der Waals surface area contributed by atoms with Crippen molar-refractivity contribution in [2.24, 2.45) is 29.1 Å². The molecule has 1 aromatic rings. The van der Waals surface area contributed by atoms with Crippen molar-refractivity contribution in [1.29, 1.82) is 0 Å². The van der Waals surface area contributed by atoms with Gasteiger partial charge in [0.1, 0.15) is 12.3 Å². The summed E-state index contributed by atoms with van der Waals surface area (Å²) < 4.78 is 5.10. The van der Waals surface area contributed by atoms with Crippen LogP contribution in [0.5, 0.6) is 5.75 Å². The monoisotopic (exact) mass is 368 g/mol. The Morgan fingerprint density at radius 1 is 1.11 bits per heavy atom. The number of fused-ring (bicyclic) bond motifs is 3. The molecule has 1 aromatic carbocycles. The van der Waals surface area contributed by atoms with Gasteiger partial charge in [0.05, 0.1) is 18.9 Å². The van der Waals surface area contributed by atoms with Crippen LogP contribution in [0.1, 0.15) is 32.1 Å². The Morgan fingerprint density at radius 2 is 1.70 bits per heavy atom. The Bertz CT molecular complexity index is 782. The molecule has 0 radical (unpaired) electrons. The Morgan fingerprint density at radius 3 is 2.22 bits per heavy atom. The largest absolute Gasteiger partial charge is 0.497 e. The van der Waals surface area contributed by atoms with Crippen molar-refractivity contribution < 1.29 is 19.1 Å². The lowest BCUT2D eigenvalue weighted by atomic mass is 9.73. The first-order valence-corrected chi connectivity index (χ1v) is 9.84. The van der Waals surface area contributed by atoms with Gasteiger partial charge in [0.25, 0.3) is 0 Å². The first-order chi connectivity index (χ1) is 13.0. The van der Waals surface area contributed by atoms with E-state index in [2.05, 4.69) is 5.32 Å². The fraction of sp³-hybridized carbons (Fsp3) is 0.571. The molecule has 3 saturated carbocycles. The number of carbonyl (C=O) groups excluding carboxylic acids is 3.